The number of rotatable bonds is 5. The van der Waals surface area contributed by atoms with Gasteiger partial charge in [-0.05, 0) is 55.0 Å². The van der Waals surface area contributed by atoms with Gasteiger partial charge < -0.3 is 15.0 Å². The van der Waals surface area contributed by atoms with E-state index in [1.54, 1.807) is 19.1 Å². The molecule has 5 nitrogen and oxygen atoms in total. The van der Waals surface area contributed by atoms with Crippen LogP contribution < -0.4 is 5.32 Å². The van der Waals surface area contributed by atoms with Gasteiger partial charge in [-0.3, -0.25) is 4.90 Å². The minimum absolute atomic E-state index is 0.314. The van der Waals surface area contributed by atoms with Crippen molar-refractivity contribution in [3.8, 4) is 0 Å². The van der Waals surface area contributed by atoms with Gasteiger partial charge in [0.15, 0.2) is 5.11 Å². The number of piperazine rings is 1. The van der Waals surface area contributed by atoms with Crippen LogP contribution in [0.4, 0.5) is 5.69 Å². The highest BCUT2D eigenvalue weighted by Gasteiger charge is 2.19. The third-order valence-electron chi connectivity index (χ3n) is 4.66. The molecule has 0 unspecified atom stereocenters. The van der Waals surface area contributed by atoms with Crippen LogP contribution in [0.25, 0.3) is 0 Å². The molecule has 0 atom stereocenters. The summed E-state index contributed by atoms with van der Waals surface area (Å²) >= 11 is 11.8. The second-order valence-electron chi connectivity index (χ2n) is 6.58. The molecule has 0 saturated carbocycles. The number of nitrogens with one attached hydrogen (secondary N) is 1. The van der Waals surface area contributed by atoms with Crippen molar-refractivity contribution in [2.75, 3.05) is 38.1 Å². The van der Waals surface area contributed by atoms with Crippen LogP contribution in [0.1, 0.15) is 22.8 Å². The number of benzene rings is 2. The van der Waals surface area contributed by atoms with E-state index in [1.165, 1.54) is 0 Å². The lowest BCUT2D eigenvalue weighted by Gasteiger charge is -2.36. The summed E-state index contributed by atoms with van der Waals surface area (Å²) in [5.41, 5.74) is 2.54. The molecule has 0 amide bonds. The normalized spacial score (nSPS) is 14.6. The van der Waals surface area contributed by atoms with E-state index in [-0.39, 0.29) is 5.97 Å². The first-order chi connectivity index (χ1) is 13.6. The van der Waals surface area contributed by atoms with Crippen molar-refractivity contribution in [2.24, 2.45) is 0 Å². The Kier molecular flexibility index (Phi) is 7.25. The van der Waals surface area contributed by atoms with Crippen LogP contribution in [0.5, 0.6) is 0 Å². The number of carbonyl (C=O) groups excluding carboxylic acids is 1. The summed E-state index contributed by atoms with van der Waals surface area (Å²) < 4.78 is 5.00. The Hall–Kier alpha value is -2.15. The van der Waals surface area contributed by atoms with Gasteiger partial charge in [0.1, 0.15) is 0 Å². The highest BCUT2D eigenvalue weighted by atomic mass is 35.5. The second kappa shape index (κ2) is 9.87. The predicted molar refractivity (Wildman–Crippen MR) is 117 cm³/mol. The molecule has 0 bridgehead atoms. The largest absolute Gasteiger partial charge is 0.462 e. The smallest absolute Gasteiger partial charge is 0.338 e. The predicted octanol–water partition coefficient (Wildman–Crippen LogP) is 4.03. The zero-order valence-electron chi connectivity index (χ0n) is 15.9. The molecule has 2 aromatic carbocycles. The van der Waals surface area contributed by atoms with Gasteiger partial charge in [-0.15, -0.1) is 0 Å². The van der Waals surface area contributed by atoms with Gasteiger partial charge in [-0.1, -0.05) is 29.8 Å². The molecule has 0 aromatic heterocycles. The molecule has 1 N–H and O–H groups in total. The summed E-state index contributed by atoms with van der Waals surface area (Å²) in [6.45, 7) is 6.58. The van der Waals surface area contributed by atoms with Gasteiger partial charge in [0, 0.05) is 43.4 Å². The molecular weight excluding hydrogens is 394 g/mol. The van der Waals surface area contributed by atoms with Crippen LogP contribution in [-0.4, -0.2) is 53.7 Å². The summed E-state index contributed by atoms with van der Waals surface area (Å²) in [6, 6.07) is 15.1. The second-order valence-corrected chi connectivity index (χ2v) is 7.38. The van der Waals surface area contributed by atoms with Crippen molar-refractivity contribution in [2.45, 2.75) is 13.5 Å². The molecule has 3 rings (SSSR count). The molecule has 1 aliphatic heterocycles. The van der Waals surface area contributed by atoms with Crippen LogP contribution in [0.2, 0.25) is 5.02 Å². The molecule has 2 aromatic rings. The first kappa shape index (κ1) is 20.6. The van der Waals surface area contributed by atoms with E-state index in [0.29, 0.717) is 17.3 Å². The van der Waals surface area contributed by atoms with E-state index in [9.17, 15) is 4.79 Å². The van der Waals surface area contributed by atoms with Crippen molar-refractivity contribution < 1.29 is 9.53 Å². The molecular formula is C21H24ClN3O2S. The standard InChI is InChI=1S/C21H24ClN3O2S/c1-2-27-20(26)16-7-9-18(10-8-16)23-21(28)25-13-11-24(12-14-25)15-17-5-3-4-6-19(17)22/h3-10H,2,11-15H2,1H3,(H,23,28). The minimum Gasteiger partial charge on any atom is -0.462 e. The van der Waals surface area contributed by atoms with Crippen molar-refractivity contribution in [3.05, 3.63) is 64.7 Å². The number of nitrogens with zero attached hydrogens (tertiary/aromatic N) is 2. The highest BCUT2D eigenvalue weighted by Crippen LogP contribution is 2.18. The first-order valence-electron chi connectivity index (χ1n) is 9.35. The topological polar surface area (TPSA) is 44.8 Å². The maximum absolute atomic E-state index is 11.7. The summed E-state index contributed by atoms with van der Waals surface area (Å²) in [5.74, 6) is -0.314. The Morgan fingerprint density at radius 3 is 2.43 bits per heavy atom. The third-order valence-corrected chi connectivity index (χ3v) is 5.39. The molecule has 1 heterocycles. The molecule has 148 valence electrons. The van der Waals surface area contributed by atoms with Crippen LogP contribution in [-0.2, 0) is 11.3 Å². The summed E-state index contributed by atoms with van der Waals surface area (Å²) in [6.07, 6.45) is 0. The van der Waals surface area contributed by atoms with E-state index < -0.39 is 0 Å². The van der Waals surface area contributed by atoms with Crippen molar-refractivity contribution >= 4 is 40.6 Å². The number of thiocarbonyl (C=S) groups is 1. The zero-order chi connectivity index (χ0) is 19.9. The Bertz CT molecular complexity index is 821. The number of anilines is 1. The molecule has 0 aliphatic carbocycles. The Labute approximate surface area is 176 Å². The third kappa shape index (κ3) is 5.44. The van der Waals surface area contributed by atoms with Gasteiger partial charge >= 0.3 is 5.97 Å². The Morgan fingerprint density at radius 1 is 1.11 bits per heavy atom. The van der Waals surface area contributed by atoms with Crippen molar-refractivity contribution in [1.82, 2.24) is 9.80 Å². The first-order valence-corrected chi connectivity index (χ1v) is 10.1. The molecule has 0 spiro atoms. The van der Waals surface area contributed by atoms with Gasteiger partial charge in [-0.2, -0.15) is 0 Å². The highest BCUT2D eigenvalue weighted by molar-refractivity contribution is 7.80. The Balaban J connectivity index is 1.48. The van der Waals surface area contributed by atoms with E-state index >= 15 is 0 Å². The molecule has 28 heavy (non-hydrogen) atoms. The van der Waals surface area contributed by atoms with Gasteiger partial charge in [0.2, 0.25) is 0 Å². The van der Waals surface area contributed by atoms with Crippen LogP contribution >= 0.6 is 23.8 Å². The van der Waals surface area contributed by atoms with Crippen LogP contribution in [0, 0.1) is 0 Å². The summed E-state index contributed by atoms with van der Waals surface area (Å²) in [7, 11) is 0. The Morgan fingerprint density at radius 2 is 1.79 bits per heavy atom. The molecule has 1 fully saturated rings. The minimum atomic E-state index is -0.314. The molecule has 0 radical (unpaired) electrons. The SMILES string of the molecule is CCOC(=O)c1ccc(NC(=S)N2CCN(Cc3ccccc3Cl)CC2)cc1. The number of ether oxygens (including phenoxy) is 1. The fourth-order valence-electron chi connectivity index (χ4n) is 3.08. The number of halogens is 1. The lowest BCUT2D eigenvalue weighted by atomic mass is 10.2. The zero-order valence-corrected chi connectivity index (χ0v) is 17.4. The summed E-state index contributed by atoms with van der Waals surface area (Å²) in [5, 5.41) is 4.76. The number of hydrogen-bond donors (Lipinski definition) is 1. The van der Waals surface area contributed by atoms with Crippen LogP contribution in [0.3, 0.4) is 0 Å². The van der Waals surface area contributed by atoms with E-state index in [1.807, 2.05) is 30.3 Å². The molecule has 1 aliphatic rings. The van der Waals surface area contributed by atoms with E-state index in [2.05, 4.69) is 21.2 Å². The lowest BCUT2D eigenvalue weighted by molar-refractivity contribution is 0.0526. The molecule has 1 saturated heterocycles. The van der Waals surface area contributed by atoms with Crippen LogP contribution in [0.15, 0.2) is 48.5 Å². The lowest BCUT2D eigenvalue weighted by Crippen LogP contribution is -2.49. The average molecular weight is 418 g/mol. The van der Waals surface area contributed by atoms with Crippen molar-refractivity contribution in [3.63, 3.8) is 0 Å². The maximum atomic E-state index is 11.7. The number of carbonyl (C=O) groups is 1. The molecule has 7 heteroatoms. The van der Waals surface area contributed by atoms with Gasteiger partial charge in [-0.25, -0.2) is 4.79 Å². The fraction of sp³-hybridized carbons (Fsp3) is 0.333. The fourth-order valence-corrected chi connectivity index (χ4v) is 3.58. The van der Waals surface area contributed by atoms with Crippen molar-refractivity contribution in [1.29, 1.82) is 0 Å². The number of hydrogen-bond acceptors (Lipinski definition) is 4. The van der Waals surface area contributed by atoms with Gasteiger partial charge in [0.25, 0.3) is 0 Å². The maximum Gasteiger partial charge on any atom is 0.338 e. The van der Waals surface area contributed by atoms with E-state index in [0.717, 1.165) is 49.0 Å². The monoisotopic (exact) mass is 417 g/mol. The quantitative estimate of drug-likeness (QED) is 0.585. The average Bonchev–Trinajstić information content (AvgIpc) is 2.71. The van der Waals surface area contributed by atoms with E-state index in [4.69, 9.17) is 28.6 Å². The van der Waals surface area contributed by atoms with Gasteiger partial charge in [0.05, 0.1) is 12.2 Å². The number of esters is 1. The summed E-state index contributed by atoms with van der Waals surface area (Å²) in [4.78, 5) is 16.3.